The third-order valence-corrected chi connectivity index (χ3v) is 3.31. The Labute approximate surface area is 112 Å². The zero-order valence-electron chi connectivity index (χ0n) is 9.71. The van der Waals surface area contributed by atoms with Crippen LogP contribution in [-0.2, 0) is 9.53 Å². The average molecular weight is 282 g/mol. The monoisotopic (exact) mass is 282 g/mol. The van der Waals surface area contributed by atoms with Gasteiger partial charge in [-0.15, -0.1) is 11.8 Å². The van der Waals surface area contributed by atoms with Crippen LogP contribution in [0.25, 0.3) is 0 Å². The standard InChI is InChI=1S/C11H10N2O5S/c14-7-3-8(19-2-1-18-5-9(15)16)11(17)6-4-12-13-10(6)7/h3-4H,1-2,5H2,(H,12,13)(H,15,16). The molecule has 1 aromatic heterocycles. The summed E-state index contributed by atoms with van der Waals surface area (Å²) in [5.41, 5.74) is 0.470. The van der Waals surface area contributed by atoms with Crippen molar-refractivity contribution in [3.8, 4) is 0 Å². The first-order valence-electron chi connectivity index (χ1n) is 5.36. The Kier molecular flexibility index (Phi) is 4.13. The van der Waals surface area contributed by atoms with Gasteiger partial charge in [0.05, 0.1) is 23.3 Å². The van der Waals surface area contributed by atoms with E-state index in [1.807, 2.05) is 0 Å². The Morgan fingerprint density at radius 2 is 2.26 bits per heavy atom. The maximum absolute atomic E-state index is 12.0. The number of fused-ring (bicyclic) bond motifs is 1. The number of ether oxygens (including phenoxy) is 1. The molecule has 2 rings (SSSR count). The lowest BCUT2D eigenvalue weighted by Crippen LogP contribution is -2.15. The van der Waals surface area contributed by atoms with Gasteiger partial charge in [-0.1, -0.05) is 0 Å². The van der Waals surface area contributed by atoms with E-state index in [2.05, 4.69) is 10.2 Å². The fourth-order valence-corrected chi connectivity index (χ4v) is 2.37. The number of carboxylic acids is 1. The second kappa shape index (κ2) is 5.81. The number of Topliss-reactive ketones (excluding diaryl/α,β-unsaturated/α-hetero) is 1. The minimum atomic E-state index is -1.05. The summed E-state index contributed by atoms with van der Waals surface area (Å²) in [5.74, 6) is -1.20. The van der Waals surface area contributed by atoms with Gasteiger partial charge in [0.25, 0.3) is 0 Å². The maximum Gasteiger partial charge on any atom is 0.329 e. The number of thioether (sulfide) groups is 1. The zero-order valence-corrected chi connectivity index (χ0v) is 10.5. The molecule has 0 saturated carbocycles. The largest absolute Gasteiger partial charge is 0.480 e. The number of carbonyl (C=O) groups excluding carboxylic acids is 2. The molecule has 19 heavy (non-hydrogen) atoms. The van der Waals surface area contributed by atoms with Gasteiger partial charge in [0, 0.05) is 11.8 Å². The quantitative estimate of drug-likeness (QED) is 0.731. The third-order valence-electron chi connectivity index (χ3n) is 2.33. The molecule has 0 radical (unpaired) electrons. The molecule has 1 heterocycles. The second-order valence-electron chi connectivity index (χ2n) is 3.66. The average Bonchev–Trinajstić information content (AvgIpc) is 2.84. The lowest BCUT2D eigenvalue weighted by atomic mass is 10.0. The highest BCUT2D eigenvalue weighted by molar-refractivity contribution is 8.04. The Balaban J connectivity index is 1.90. The van der Waals surface area contributed by atoms with E-state index in [1.165, 1.54) is 12.3 Å². The Morgan fingerprint density at radius 1 is 1.47 bits per heavy atom. The molecule has 0 fully saturated rings. The van der Waals surface area contributed by atoms with Gasteiger partial charge in [0.15, 0.2) is 0 Å². The molecule has 0 amide bonds. The first-order chi connectivity index (χ1) is 9.09. The summed E-state index contributed by atoms with van der Waals surface area (Å²) in [6, 6.07) is 0. The van der Waals surface area contributed by atoms with E-state index in [4.69, 9.17) is 9.84 Å². The minimum Gasteiger partial charge on any atom is -0.480 e. The summed E-state index contributed by atoms with van der Waals surface area (Å²) < 4.78 is 4.84. The van der Waals surface area contributed by atoms with Crippen LogP contribution in [0.5, 0.6) is 0 Å². The van der Waals surface area contributed by atoms with Crippen molar-refractivity contribution in [3.05, 3.63) is 28.4 Å². The van der Waals surface area contributed by atoms with Crippen molar-refractivity contribution in [2.75, 3.05) is 19.0 Å². The van der Waals surface area contributed by atoms with E-state index in [0.29, 0.717) is 10.7 Å². The Bertz CT molecular complexity index is 563. The number of ketones is 2. The first-order valence-corrected chi connectivity index (χ1v) is 6.34. The number of nitrogens with one attached hydrogen (secondary N) is 1. The molecule has 7 nitrogen and oxygen atoms in total. The topological polar surface area (TPSA) is 109 Å². The molecule has 0 atom stereocenters. The van der Waals surface area contributed by atoms with Gasteiger partial charge in [-0.2, -0.15) is 5.10 Å². The van der Waals surface area contributed by atoms with Gasteiger partial charge >= 0.3 is 5.97 Å². The van der Waals surface area contributed by atoms with Gasteiger partial charge in [-0.05, 0) is 0 Å². The van der Waals surface area contributed by atoms with E-state index in [1.54, 1.807) is 0 Å². The minimum absolute atomic E-state index is 0.189. The number of aliphatic carboxylic acids is 1. The van der Waals surface area contributed by atoms with Crippen molar-refractivity contribution in [2.45, 2.75) is 0 Å². The molecular formula is C11H10N2O5S. The molecule has 0 spiro atoms. The van der Waals surface area contributed by atoms with Gasteiger partial charge < -0.3 is 9.84 Å². The molecule has 0 bridgehead atoms. The summed E-state index contributed by atoms with van der Waals surface area (Å²) in [5, 5.41) is 14.5. The normalized spacial score (nSPS) is 14.2. The molecule has 0 saturated heterocycles. The molecular weight excluding hydrogens is 272 g/mol. The fraction of sp³-hybridized carbons (Fsp3) is 0.273. The van der Waals surface area contributed by atoms with Crippen LogP contribution in [0.4, 0.5) is 0 Å². The van der Waals surface area contributed by atoms with Crippen LogP contribution in [0.1, 0.15) is 20.8 Å². The number of nitrogens with zero attached hydrogens (tertiary/aromatic N) is 1. The summed E-state index contributed by atoms with van der Waals surface area (Å²) in [4.78, 5) is 34.1. The van der Waals surface area contributed by atoms with E-state index in [9.17, 15) is 14.4 Å². The van der Waals surface area contributed by atoms with Crippen LogP contribution in [0.15, 0.2) is 17.2 Å². The predicted octanol–water partition coefficient (Wildman–Crippen LogP) is 0.507. The molecule has 1 aliphatic carbocycles. The van der Waals surface area contributed by atoms with E-state index < -0.39 is 5.97 Å². The molecule has 1 aromatic rings. The number of hydrogen-bond acceptors (Lipinski definition) is 6. The fourth-order valence-electron chi connectivity index (χ4n) is 1.51. The highest BCUT2D eigenvalue weighted by Gasteiger charge is 2.27. The number of aromatic amines is 1. The number of carbonyl (C=O) groups is 3. The van der Waals surface area contributed by atoms with Crippen molar-refractivity contribution >= 4 is 29.3 Å². The van der Waals surface area contributed by atoms with Gasteiger partial charge in [-0.3, -0.25) is 14.7 Å². The van der Waals surface area contributed by atoms with Crippen molar-refractivity contribution in [2.24, 2.45) is 0 Å². The smallest absolute Gasteiger partial charge is 0.329 e. The third kappa shape index (κ3) is 3.09. The van der Waals surface area contributed by atoms with Crippen LogP contribution >= 0.6 is 11.8 Å². The number of rotatable bonds is 6. The summed E-state index contributed by atoms with van der Waals surface area (Å²) >= 11 is 1.16. The number of H-pyrrole nitrogens is 1. The zero-order chi connectivity index (χ0) is 13.8. The molecule has 8 heteroatoms. The lowest BCUT2D eigenvalue weighted by Gasteiger charge is -2.10. The highest BCUT2D eigenvalue weighted by atomic mass is 32.2. The van der Waals surface area contributed by atoms with Gasteiger partial charge in [-0.25, -0.2) is 4.79 Å². The maximum atomic E-state index is 12.0. The lowest BCUT2D eigenvalue weighted by molar-refractivity contribution is -0.141. The molecule has 0 unspecified atom stereocenters. The molecule has 0 aromatic carbocycles. The molecule has 100 valence electrons. The van der Waals surface area contributed by atoms with Crippen molar-refractivity contribution in [1.29, 1.82) is 0 Å². The van der Waals surface area contributed by atoms with E-state index in [0.717, 1.165) is 11.8 Å². The number of aromatic nitrogens is 2. The number of hydrogen-bond donors (Lipinski definition) is 2. The van der Waals surface area contributed by atoms with E-state index >= 15 is 0 Å². The molecule has 0 aliphatic heterocycles. The summed E-state index contributed by atoms with van der Waals surface area (Å²) in [6.45, 7) is -0.188. The van der Waals surface area contributed by atoms with Gasteiger partial charge in [0.1, 0.15) is 12.3 Å². The Hall–Kier alpha value is -1.93. The Morgan fingerprint density at radius 3 is 3.00 bits per heavy atom. The van der Waals surface area contributed by atoms with Crippen LogP contribution < -0.4 is 0 Å². The van der Waals surface area contributed by atoms with Crippen molar-refractivity contribution < 1.29 is 24.2 Å². The highest BCUT2D eigenvalue weighted by Crippen LogP contribution is 2.26. The second-order valence-corrected chi connectivity index (χ2v) is 4.79. The molecule has 1 aliphatic rings. The number of allylic oxidation sites excluding steroid dienone is 2. The summed E-state index contributed by atoms with van der Waals surface area (Å²) in [6.07, 6.45) is 2.58. The predicted molar refractivity (Wildman–Crippen MR) is 66.2 cm³/mol. The van der Waals surface area contributed by atoms with Crippen LogP contribution in [0.3, 0.4) is 0 Å². The van der Waals surface area contributed by atoms with Gasteiger partial charge in [0.2, 0.25) is 11.6 Å². The van der Waals surface area contributed by atoms with Crippen LogP contribution in [0.2, 0.25) is 0 Å². The summed E-state index contributed by atoms with van der Waals surface area (Å²) in [7, 11) is 0. The van der Waals surface area contributed by atoms with Crippen LogP contribution in [-0.4, -0.2) is 51.8 Å². The van der Waals surface area contributed by atoms with Crippen molar-refractivity contribution in [3.63, 3.8) is 0 Å². The first kappa shape index (κ1) is 13.5. The van der Waals surface area contributed by atoms with Crippen LogP contribution in [0, 0.1) is 0 Å². The van der Waals surface area contributed by atoms with E-state index in [-0.39, 0.29) is 36.0 Å². The van der Waals surface area contributed by atoms with Crippen molar-refractivity contribution in [1.82, 2.24) is 10.2 Å². The number of carboxylic acid groups (broad SMARTS) is 1. The SMILES string of the molecule is O=C(O)COCCSC1=CC(=O)c2[nH]ncc2C1=O. The molecule has 2 N–H and O–H groups in total.